The Hall–Kier alpha value is -1.66. The number of rotatable bonds is 5. The number of methoxy groups -OCH3 is 2. The highest BCUT2D eigenvalue weighted by atomic mass is 16.5. The van der Waals surface area contributed by atoms with Crippen LogP contribution in [0.1, 0.15) is 18.9 Å². The maximum atomic E-state index is 10.0. The van der Waals surface area contributed by atoms with Crippen molar-refractivity contribution >= 4 is 0 Å². The number of hydrogen-bond acceptors (Lipinski definition) is 3. The van der Waals surface area contributed by atoms with Crippen molar-refractivity contribution < 1.29 is 14.6 Å². The van der Waals surface area contributed by atoms with Crippen LogP contribution in [0, 0.1) is 12.3 Å². The molecule has 0 heterocycles. The van der Waals surface area contributed by atoms with Crippen molar-refractivity contribution in [2.24, 2.45) is 0 Å². The van der Waals surface area contributed by atoms with E-state index in [4.69, 9.17) is 15.9 Å². The minimum atomic E-state index is -0.894. The van der Waals surface area contributed by atoms with Gasteiger partial charge in [-0.05, 0) is 24.6 Å². The highest BCUT2D eigenvalue weighted by Crippen LogP contribution is 2.29. The molecule has 92 valence electrons. The topological polar surface area (TPSA) is 38.7 Å². The van der Waals surface area contributed by atoms with Crippen molar-refractivity contribution in [2.45, 2.75) is 25.4 Å². The molecule has 0 saturated carbocycles. The third-order valence-electron chi connectivity index (χ3n) is 2.52. The van der Waals surface area contributed by atoms with Gasteiger partial charge < -0.3 is 14.6 Å². The molecule has 1 aromatic carbocycles. The van der Waals surface area contributed by atoms with Crippen LogP contribution in [0.15, 0.2) is 18.2 Å². The predicted octanol–water partition coefficient (Wildman–Crippen LogP) is 2.02. The molecule has 0 aliphatic carbocycles. The molecule has 17 heavy (non-hydrogen) atoms. The van der Waals surface area contributed by atoms with Crippen LogP contribution in [0.4, 0.5) is 0 Å². The molecule has 1 aromatic rings. The van der Waals surface area contributed by atoms with Crippen molar-refractivity contribution in [3.63, 3.8) is 0 Å². The molecule has 3 nitrogen and oxygen atoms in total. The molecule has 0 radical (unpaired) electrons. The lowest BCUT2D eigenvalue weighted by molar-refractivity contribution is 0.0659. The summed E-state index contributed by atoms with van der Waals surface area (Å²) in [5.74, 6) is 3.80. The molecule has 3 heteroatoms. The molecule has 1 N–H and O–H groups in total. The van der Waals surface area contributed by atoms with Gasteiger partial charge in [0.15, 0.2) is 11.5 Å². The van der Waals surface area contributed by atoms with Crippen molar-refractivity contribution in [1.82, 2.24) is 0 Å². The quantitative estimate of drug-likeness (QED) is 0.792. The second-order valence-corrected chi connectivity index (χ2v) is 4.24. The highest BCUT2D eigenvalue weighted by Gasteiger charge is 2.20. The van der Waals surface area contributed by atoms with Crippen LogP contribution in [-0.2, 0) is 6.42 Å². The fourth-order valence-corrected chi connectivity index (χ4v) is 1.71. The van der Waals surface area contributed by atoms with Crippen LogP contribution >= 0.6 is 0 Å². The number of hydrogen-bond donors (Lipinski definition) is 1. The predicted molar refractivity (Wildman–Crippen MR) is 67.3 cm³/mol. The first kappa shape index (κ1) is 13.4. The van der Waals surface area contributed by atoms with Crippen molar-refractivity contribution in [3.8, 4) is 23.8 Å². The normalized spacial score (nSPS) is 13.6. The number of benzene rings is 1. The molecule has 0 bridgehead atoms. The zero-order valence-electron chi connectivity index (χ0n) is 10.5. The van der Waals surface area contributed by atoms with E-state index in [0.717, 1.165) is 5.56 Å². The van der Waals surface area contributed by atoms with Gasteiger partial charge in [-0.3, -0.25) is 0 Å². The average Bonchev–Trinajstić information content (AvgIpc) is 2.28. The lowest BCUT2D eigenvalue weighted by Crippen LogP contribution is -2.26. The molecule has 0 fully saturated rings. The minimum Gasteiger partial charge on any atom is -0.493 e. The molecule has 1 atom stereocenters. The standard InChI is InChI=1S/C14H18O3/c1-5-8-14(2,15)10-11-6-7-12(16-3)13(9-11)17-4/h1,6-7,9,15H,8,10H2,2-4H3. The molecule has 0 spiro atoms. The number of terminal acetylenes is 1. The Balaban J connectivity index is 2.90. The number of ether oxygens (including phenoxy) is 2. The van der Waals surface area contributed by atoms with Gasteiger partial charge in [-0.15, -0.1) is 12.3 Å². The minimum absolute atomic E-state index is 0.321. The first-order valence-corrected chi connectivity index (χ1v) is 5.39. The molecule has 1 rings (SSSR count). The molecule has 0 saturated heterocycles. The van der Waals surface area contributed by atoms with Crippen molar-refractivity contribution in [1.29, 1.82) is 0 Å². The molecule has 0 aliphatic heterocycles. The molecule has 1 unspecified atom stereocenters. The molecule has 0 aliphatic rings. The SMILES string of the molecule is C#CCC(C)(O)Cc1ccc(OC)c(OC)c1. The van der Waals surface area contributed by atoms with Gasteiger partial charge in [0.2, 0.25) is 0 Å². The van der Waals surface area contributed by atoms with Crippen LogP contribution in [0.2, 0.25) is 0 Å². The summed E-state index contributed by atoms with van der Waals surface area (Å²) in [5, 5.41) is 10.0. The first-order chi connectivity index (χ1) is 8.02. The molecule has 0 amide bonds. The number of aliphatic hydroxyl groups is 1. The van der Waals surface area contributed by atoms with E-state index < -0.39 is 5.60 Å². The van der Waals surface area contributed by atoms with E-state index in [0.29, 0.717) is 24.3 Å². The smallest absolute Gasteiger partial charge is 0.160 e. The Morgan fingerprint density at radius 3 is 2.47 bits per heavy atom. The summed E-state index contributed by atoms with van der Waals surface area (Å²) in [5.41, 5.74) is 0.0665. The highest BCUT2D eigenvalue weighted by molar-refractivity contribution is 5.43. The summed E-state index contributed by atoms with van der Waals surface area (Å²) in [6, 6.07) is 5.57. The van der Waals surface area contributed by atoms with E-state index in [2.05, 4.69) is 5.92 Å². The van der Waals surface area contributed by atoms with Gasteiger partial charge in [-0.25, -0.2) is 0 Å². The van der Waals surface area contributed by atoms with Gasteiger partial charge >= 0.3 is 0 Å². The van der Waals surface area contributed by atoms with E-state index in [9.17, 15) is 5.11 Å². The van der Waals surface area contributed by atoms with Gasteiger partial charge in [0.1, 0.15) is 0 Å². The maximum Gasteiger partial charge on any atom is 0.160 e. The largest absolute Gasteiger partial charge is 0.493 e. The maximum absolute atomic E-state index is 10.0. The lowest BCUT2D eigenvalue weighted by Gasteiger charge is -2.21. The van der Waals surface area contributed by atoms with Gasteiger partial charge in [-0.1, -0.05) is 6.07 Å². The zero-order chi connectivity index (χ0) is 12.9. The third kappa shape index (κ3) is 3.69. The fraction of sp³-hybridized carbons (Fsp3) is 0.429. The van der Waals surface area contributed by atoms with E-state index in [1.807, 2.05) is 18.2 Å². The summed E-state index contributed by atoms with van der Waals surface area (Å²) < 4.78 is 10.4. The van der Waals surface area contributed by atoms with Crippen LogP contribution < -0.4 is 9.47 Å². The molecular formula is C14H18O3. The van der Waals surface area contributed by atoms with Crippen LogP contribution in [0.5, 0.6) is 11.5 Å². The Kier molecular flexibility index (Phi) is 4.42. The summed E-state index contributed by atoms with van der Waals surface area (Å²) in [4.78, 5) is 0. The summed E-state index contributed by atoms with van der Waals surface area (Å²) in [6.07, 6.45) is 6.02. The Morgan fingerprint density at radius 2 is 1.94 bits per heavy atom. The Bertz CT molecular complexity index is 416. The summed E-state index contributed by atoms with van der Waals surface area (Å²) in [7, 11) is 3.17. The molecule has 0 aromatic heterocycles. The summed E-state index contributed by atoms with van der Waals surface area (Å²) in [6.45, 7) is 1.73. The monoisotopic (exact) mass is 234 g/mol. The zero-order valence-corrected chi connectivity index (χ0v) is 10.5. The second kappa shape index (κ2) is 5.60. The third-order valence-corrected chi connectivity index (χ3v) is 2.52. The Labute approximate surface area is 102 Å². The van der Waals surface area contributed by atoms with E-state index in [1.54, 1.807) is 21.1 Å². The van der Waals surface area contributed by atoms with E-state index in [1.165, 1.54) is 0 Å². The lowest BCUT2D eigenvalue weighted by atomic mass is 9.93. The average molecular weight is 234 g/mol. The van der Waals surface area contributed by atoms with E-state index >= 15 is 0 Å². The van der Waals surface area contributed by atoms with E-state index in [-0.39, 0.29) is 0 Å². The van der Waals surface area contributed by atoms with Crippen molar-refractivity contribution in [2.75, 3.05) is 14.2 Å². The van der Waals surface area contributed by atoms with Crippen LogP contribution in [-0.4, -0.2) is 24.9 Å². The van der Waals surface area contributed by atoms with Gasteiger partial charge in [-0.2, -0.15) is 0 Å². The van der Waals surface area contributed by atoms with Crippen LogP contribution in [0.3, 0.4) is 0 Å². The second-order valence-electron chi connectivity index (χ2n) is 4.24. The Morgan fingerprint density at radius 1 is 1.29 bits per heavy atom. The van der Waals surface area contributed by atoms with Gasteiger partial charge in [0, 0.05) is 12.8 Å². The molecular weight excluding hydrogens is 216 g/mol. The fourth-order valence-electron chi connectivity index (χ4n) is 1.71. The van der Waals surface area contributed by atoms with Gasteiger partial charge in [0.05, 0.1) is 19.8 Å². The van der Waals surface area contributed by atoms with Crippen molar-refractivity contribution in [3.05, 3.63) is 23.8 Å². The summed E-state index contributed by atoms with van der Waals surface area (Å²) >= 11 is 0. The van der Waals surface area contributed by atoms with Gasteiger partial charge in [0.25, 0.3) is 0 Å². The van der Waals surface area contributed by atoms with Crippen LogP contribution in [0.25, 0.3) is 0 Å². The first-order valence-electron chi connectivity index (χ1n) is 5.39.